The van der Waals surface area contributed by atoms with E-state index in [4.69, 9.17) is 24.0 Å². The van der Waals surface area contributed by atoms with Crippen molar-refractivity contribution in [1.29, 1.82) is 0 Å². The molecule has 7 nitrogen and oxygen atoms in total. The maximum atomic E-state index is 13.3. The lowest BCUT2D eigenvalue weighted by Gasteiger charge is -2.60. The largest absolute Gasteiger partial charge is 0.369 e. The Kier molecular flexibility index (Phi) is 7.37. The van der Waals surface area contributed by atoms with Gasteiger partial charge in [0.05, 0.1) is 6.61 Å². The summed E-state index contributed by atoms with van der Waals surface area (Å²) in [7, 11) is 0. The van der Waals surface area contributed by atoms with Gasteiger partial charge in [0.1, 0.15) is 5.82 Å². The molecule has 6 fully saturated rings. The van der Waals surface area contributed by atoms with Crippen LogP contribution in [0.25, 0.3) is 0 Å². The molecule has 2 bridgehead atoms. The summed E-state index contributed by atoms with van der Waals surface area (Å²) in [4.78, 5) is 17.0. The minimum atomic E-state index is -0.776. The van der Waals surface area contributed by atoms with Crippen molar-refractivity contribution in [3.05, 3.63) is 65.5 Å². The van der Waals surface area contributed by atoms with Crippen molar-refractivity contribution in [2.75, 3.05) is 31.1 Å². The molecule has 1 aliphatic carbocycles. The van der Waals surface area contributed by atoms with Crippen LogP contribution in [0.15, 0.2) is 48.5 Å². The van der Waals surface area contributed by atoms with E-state index in [1.54, 1.807) is 0 Å². The normalized spacial score (nSPS) is 38.9. The summed E-state index contributed by atoms with van der Waals surface area (Å²) < 4.78 is 32.9. The Hall–Kier alpha value is -2.07. The number of anilines is 1. The van der Waals surface area contributed by atoms with Crippen molar-refractivity contribution in [2.45, 2.75) is 83.6 Å². The minimum Gasteiger partial charge on any atom is -0.369 e. The fraction of sp³-hybridized carbons (Fsp3) is 0.636. The fourth-order valence-electron chi connectivity index (χ4n) is 8.13. The number of hydrogen-bond donors (Lipinski definition) is 0. The first kappa shape index (κ1) is 27.7. The molecular formula is C33H43FN2O5. The molecule has 0 radical (unpaired) electrons. The quantitative estimate of drug-likeness (QED) is 0.405. The summed E-state index contributed by atoms with van der Waals surface area (Å²) in [6.45, 7) is 11.7. The van der Waals surface area contributed by atoms with Gasteiger partial charge in [0.25, 0.3) is 0 Å². The number of nitrogens with zero attached hydrogens (tertiary/aromatic N) is 2. The second kappa shape index (κ2) is 10.9. The van der Waals surface area contributed by atoms with E-state index in [2.05, 4.69) is 47.9 Å². The third-order valence-electron chi connectivity index (χ3n) is 10.5. The topological polar surface area (TPSA) is 52.6 Å². The molecule has 0 amide bonds. The average molecular weight is 567 g/mol. The third-order valence-corrected chi connectivity index (χ3v) is 10.5. The first-order valence-corrected chi connectivity index (χ1v) is 15.5. The molecule has 1 spiro atoms. The van der Waals surface area contributed by atoms with E-state index in [0.717, 1.165) is 63.2 Å². The zero-order valence-corrected chi connectivity index (χ0v) is 24.5. The molecule has 5 saturated heterocycles. The molecule has 0 N–H and O–H groups in total. The third kappa shape index (κ3) is 5.11. The van der Waals surface area contributed by atoms with Gasteiger partial charge in [-0.3, -0.25) is 4.90 Å². The zero-order chi connectivity index (χ0) is 28.2. The molecule has 0 unspecified atom stereocenters. The van der Waals surface area contributed by atoms with Gasteiger partial charge in [-0.25, -0.2) is 14.2 Å². The van der Waals surface area contributed by atoms with Crippen molar-refractivity contribution in [3.8, 4) is 0 Å². The van der Waals surface area contributed by atoms with Gasteiger partial charge in [0.2, 0.25) is 5.79 Å². The van der Waals surface area contributed by atoms with Crippen molar-refractivity contribution in [2.24, 2.45) is 23.7 Å². The van der Waals surface area contributed by atoms with Crippen molar-refractivity contribution < 1.29 is 28.4 Å². The summed E-state index contributed by atoms with van der Waals surface area (Å²) >= 11 is 0. The predicted molar refractivity (Wildman–Crippen MR) is 152 cm³/mol. The van der Waals surface area contributed by atoms with Gasteiger partial charge < -0.3 is 19.1 Å². The highest BCUT2D eigenvalue weighted by molar-refractivity contribution is 5.46. The Morgan fingerprint density at radius 1 is 0.927 bits per heavy atom. The van der Waals surface area contributed by atoms with Crippen molar-refractivity contribution in [1.82, 2.24) is 4.90 Å². The summed E-state index contributed by atoms with van der Waals surface area (Å²) in [5.41, 5.74) is 2.95. The summed E-state index contributed by atoms with van der Waals surface area (Å²) in [5, 5.41) is 0. The monoisotopic (exact) mass is 566 g/mol. The number of ether oxygens (including phenoxy) is 3. The van der Waals surface area contributed by atoms with E-state index in [1.165, 1.54) is 24.1 Å². The van der Waals surface area contributed by atoms with Crippen molar-refractivity contribution in [3.63, 3.8) is 0 Å². The summed E-state index contributed by atoms with van der Waals surface area (Å²) in [6.07, 6.45) is 3.24. The molecule has 41 heavy (non-hydrogen) atoms. The highest BCUT2D eigenvalue weighted by Crippen LogP contribution is 2.60. The van der Waals surface area contributed by atoms with Crippen LogP contribution in [-0.2, 0) is 37.1 Å². The van der Waals surface area contributed by atoms with E-state index < -0.39 is 17.7 Å². The van der Waals surface area contributed by atoms with E-state index in [0.29, 0.717) is 18.4 Å². The minimum absolute atomic E-state index is 0.163. The van der Waals surface area contributed by atoms with Crippen molar-refractivity contribution >= 4 is 5.69 Å². The van der Waals surface area contributed by atoms with Crippen LogP contribution < -0.4 is 4.90 Å². The number of hydrogen-bond acceptors (Lipinski definition) is 7. The van der Waals surface area contributed by atoms with Gasteiger partial charge in [-0.1, -0.05) is 38.1 Å². The lowest BCUT2D eigenvalue weighted by Crippen LogP contribution is -2.70. The maximum absolute atomic E-state index is 13.3. The Balaban J connectivity index is 0.979. The number of fused-ring (bicyclic) bond motifs is 2. The van der Waals surface area contributed by atoms with Crippen LogP contribution in [0.3, 0.4) is 0 Å². The fourth-order valence-corrected chi connectivity index (χ4v) is 8.13. The van der Waals surface area contributed by atoms with E-state index >= 15 is 0 Å². The highest BCUT2D eigenvalue weighted by atomic mass is 19.1. The Labute approximate surface area is 242 Å². The van der Waals surface area contributed by atoms with Crippen LogP contribution in [0.1, 0.15) is 57.6 Å². The van der Waals surface area contributed by atoms with Crippen LogP contribution >= 0.6 is 0 Å². The summed E-state index contributed by atoms with van der Waals surface area (Å²) in [6, 6.07) is 15.5. The molecule has 8 rings (SSSR count). The molecule has 2 aromatic carbocycles. The molecule has 2 aromatic rings. The molecular weight excluding hydrogens is 523 g/mol. The zero-order valence-electron chi connectivity index (χ0n) is 24.5. The second-order valence-electron chi connectivity index (χ2n) is 13.1. The first-order chi connectivity index (χ1) is 19.8. The smallest absolute Gasteiger partial charge is 0.201 e. The van der Waals surface area contributed by atoms with E-state index in [1.807, 2.05) is 19.1 Å². The molecule has 5 aliphatic heterocycles. The highest BCUT2D eigenvalue weighted by Gasteiger charge is 2.69. The van der Waals surface area contributed by atoms with Gasteiger partial charge in [-0.05, 0) is 73.4 Å². The van der Waals surface area contributed by atoms with Crippen LogP contribution in [0, 0.1) is 29.5 Å². The van der Waals surface area contributed by atoms with Crippen LogP contribution in [0.2, 0.25) is 0 Å². The SMILES string of the molecule is C[C@H]1[C@@H](OCc2cccc(CN3CCN(c4ccc(F)cc4)CC3)c2)O[C@@H]2O[C@]3(C)CC[C@H]4[C@H](C)CC[C@@H]1[C@@]24OO3. The van der Waals surface area contributed by atoms with Gasteiger partial charge in [-0.2, -0.15) is 0 Å². The molecule has 0 aromatic heterocycles. The lowest BCUT2D eigenvalue weighted by molar-refractivity contribution is -0.577. The van der Waals surface area contributed by atoms with Gasteiger partial charge in [0, 0.05) is 56.7 Å². The molecule has 8 heteroatoms. The predicted octanol–water partition coefficient (Wildman–Crippen LogP) is 5.87. The maximum Gasteiger partial charge on any atom is 0.201 e. The van der Waals surface area contributed by atoms with Crippen LogP contribution in [0.4, 0.5) is 10.1 Å². The van der Waals surface area contributed by atoms with Gasteiger partial charge >= 0.3 is 0 Å². The first-order valence-electron chi connectivity index (χ1n) is 15.5. The molecule has 222 valence electrons. The Bertz CT molecular complexity index is 1220. The number of halogens is 1. The van der Waals surface area contributed by atoms with E-state index in [9.17, 15) is 4.39 Å². The lowest BCUT2D eigenvalue weighted by atomic mass is 9.58. The summed E-state index contributed by atoms with van der Waals surface area (Å²) in [5.74, 6) is 0.356. The average Bonchev–Trinajstić information content (AvgIpc) is 3.21. The van der Waals surface area contributed by atoms with Crippen LogP contribution in [0.5, 0.6) is 0 Å². The van der Waals surface area contributed by atoms with Gasteiger partial charge in [0.15, 0.2) is 18.2 Å². The number of rotatable bonds is 6. The number of piperazine rings is 1. The molecule has 1 saturated carbocycles. The Morgan fingerprint density at radius 3 is 2.51 bits per heavy atom. The van der Waals surface area contributed by atoms with E-state index in [-0.39, 0.29) is 23.9 Å². The number of benzene rings is 2. The molecule has 8 atom stereocenters. The molecule has 6 aliphatic rings. The molecule has 5 heterocycles. The standard InChI is InChI=1S/C33H43FN2O5/c1-22-7-12-29-23(2)30(38-31-33(29)28(22)13-14-32(3,39-31)40-41-33)37-21-25-6-4-5-24(19-25)20-35-15-17-36(18-16-35)27-10-8-26(34)9-11-27/h4-6,8-11,19,22-23,28-31H,7,12-18,20-21H2,1-3H3/t22-,23-,28+,29+,30+,31-,32+,33-/m1/s1. The van der Waals surface area contributed by atoms with Gasteiger partial charge in [-0.15, -0.1) is 0 Å². The van der Waals surface area contributed by atoms with Crippen LogP contribution in [-0.4, -0.2) is 55.0 Å². The second-order valence-corrected chi connectivity index (χ2v) is 13.1. The Morgan fingerprint density at radius 2 is 1.71 bits per heavy atom.